The van der Waals surface area contributed by atoms with E-state index in [1.54, 1.807) is 0 Å². The highest BCUT2D eigenvalue weighted by atomic mass is 16.2. The van der Waals surface area contributed by atoms with E-state index < -0.39 is 0 Å². The second-order valence-electron chi connectivity index (χ2n) is 6.68. The summed E-state index contributed by atoms with van der Waals surface area (Å²) in [5.41, 5.74) is 0.216. The maximum atomic E-state index is 12.4. The van der Waals surface area contributed by atoms with E-state index >= 15 is 0 Å². The van der Waals surface area contributed by atoms with E-state index in [2.05, 4.69) is 37.9 Å². The van der Waals surface area contributed by atoms with Crippen LogP contribution in [-0.4, -0.2) is 60.0 Å². The molecule has 4 nitrogen and oxygen atoms in total. The Labute approximate surface area is 111 Å². The van der Waals surface area contributed by atoms with Crippen LogP contribution in [0.1, 0.15) is 34.1 Å². The third-order valence-electron chi connectivity index (χ3n) is 4.34. The van der Waals surface area contributed by atoms with Crippen LogP contribution in [-0.2, 0) is 4.79 Å². The van der Waals surface area contributed by atoms with Gasteiger partial charge in [0.05, 0.1) is 6.04 Å². The van der Waals surface area contributed by atoms with Crippen molar-refractivity contribution >= 4 is 5.91 Å². The van der Waals surface area contributed by atoms with E-state index in [1.807, 2.05) is 4.90 Å². The molecule has 4 heteroatoms. The van der Waals surface area contributed by atoms with Gasteiger partial charge in [-0.15, -0.1) is 0 Å². The summed E-state index contributed by atoms with van der Waals surface area (Å²) in [5.74, 6) is 0.798. The van der Waals surface area contributed by atoms with E-state index in [9.17, 15) is 4.79 Å². The predicted molar refractivity (Wildman–Crippen MR) is 73.5 cm³/mol. The summed E-state index contributed by atoms with van der Waals surface area (Å²) in [6, 6.07) is 0.0613. The number of piperazine rings is 1. The molecule has 2 heterocycles. The molecule has 0 saturated carbocycles. The molecule has 2 fully saturated rings. The molecular formula is C14H27N3O. The molecule has 0 spiro atoms. The highest BCUT2D eigenvalue weighted by Crippen LogP contribution is 2.20. The summed E-state index contributed by atoms with van der Waals surface area (Å²) < 4.78 is 0. The van der Waals surface area contributed by atoms with Gasteiger partial charge in [-0.3, -0.25) is 9.69 Å². The van der Waals surface area contributed by atoms with Gasteiger partial charge >= 0.3 is 0 Å². The van der Waals surface area contributed by atoms with Crippen LogP contribution < -0.4 is 5.32 Å². The Balaban J connectivity index is 1.88. The summed E-state index contributed by atoms with van der Waals surface area (Å²) in [7, 11) is 0. The van der Waals surface area contributed by atoms with Crippen LogP contribution >= 0.6 is 0 Å². The summed E-state index contributed by atoms with van der Waals surface area (Å²) in [4.78, 5) is 16.9. The van der Waals surface area contributed by atoms with Gasteiger partial charge in [-0.1, -0.05) is 6.92 Å². The third-order valence-corrected chi connectivity index (χ3v) is 4.34. The first-order valence-corrected chi connectivity index (χ1v) is 7.17. The average molecular weight is 253 g/mol. The van der Waals surface area contributed by atoms with Crippen molar-refractivity contribution in [3.8, 4) is 0 Å². The lowest BCUT2D eigenvalue weighted by Gasteiger charge is -2.43. The molecule has 0 aromatic rings. The number of nitrogens with one attached hydrogen (secondary N) is 1. The van der Waals surface area contributed by atoms with Crippen LogP contribution in [0.25, 0.3) is 0 Å². The Hall–Kier alpha value is -0.610. The second kappa shape index (κ2) is 5.17. The van der Waals surface area contributed by atoms with Crippen molar-refractivity contribution in [2.45, 2.75) is 45.7 Å². The Morgan fingerprint density at radius 1 is 1.17 bits per heavy atom. The van der Waals surface area contributed by atoms with E-state index in [0.717, 1.165) is 39.1 Å². The van der Waals surface area contributed by atoms with Gasteiger partial charge < -0.3 is 10.2 Å². The smallest absolute Gasteiger partial charge is 0.240 e. The molecule has 2 saturated heterocycles. The van der Waals surface area contributed by atoms with E-state index in [1.165, 1.54) is 0 Å². The minimum Gasteiger partial charge on any atom is -0.339 e. The maximum Gasteiger partial charge on any atom is 0.240 e. The molecule has 18 heavy (non-hydrogen) atoms. The van der Waals surface area contributed by atoms with Crippen molar-refractivity contribution in [2.24, 2.45) is 5.92 Å². The fourth-order valence-corrected chi connectivity index (χ4v) is 2.96. The summed E-state index contributed by atoms with van der Waals surface area (Å²) in [6.07, 6.45) is 1.12. The fourth-order valence-electron chi connectivity index (χ4n) is 2.96. The molecule has 1 N–H and O–H groups in total. The van der Waals surface area contributed by atoms with Gasteiger partial charge in [0.15, 0.2) is 0 Å². The number of nitrogens with zero attached hydrogens (tertiary/aromatic N) is 2. The van der Waals surface area contributed by atoms with Crippen LogP contribution in [0.15, 0.2) is 0 Å². The van der Waals surface area contributed by atoms with Gasteiger partial charge in [-0.05, 0) is 39.7 Å². The van der Waals surface area contributed by atoms with Crippen molar-refractivity contribution in [3.63, 3.8) is 0 Å². The zero-order chi connectivity index (χ0) is 13.3. The Morgan fingerprint density at radius 2 is 1.78 bits per heavy atom. The van der Waals surface area contributed by atoms with Gasteiger partial charge in [0, 0.05) is 31.7 Å². The Morgan fingerprint density at radius 3 is 2.22 bits per heavy atom. The van der Waals surface area contributed by atoms with Crippen LogP contribution in [0.3, 0.4) is 0 Å². The van der Waals surface area contributed by atoms with Crippen molar-refractivity contribution < 1.29 is 4.79 Å². The van der Waals surface area contributed by atoms with Gasteiger partial charge in [0.2, 0.25) is 5.91 Å². The normalized spacial score (nSPS) is 30.8. The highest BCUT2D eigenvalue weighted by molar-refractivity contribution is 5.82. The molecule has 2 unspecified atom stereocenters. The fraction of sp³-hybridized carbons (Fsp3) is 0.929. The number of hydrogen-bond acceptors (Lipinski definition) is 3. The van der Waals surface area contributed by atoms with E-state index in [-0.39, 0.29) is 11.6 Å². The second-order valence-corrected chi connectivity index (χ2v) is 6.68. The molecule has 1 amide bonds. The van der Waals surface area contributed by atoms with Crippen molar-refractivity contribution in [2.75, 3.05) is 32.7 Å². The largest absolute Gasteiger partial charge is 0.339 e. The maximum absolute atomic E-state index is 12.4. The van der Waals surface area contributed by atoms with Crippen molar-refractivity contribution in [3.05, 3.63) is 0 Å². The van der Waals surface area contributed by atoms with Crippen molar-refractivity contribution in [1.82, 2.24) is 15.1 Å². The van der Waals surface area contributed by atoms with Gasteiger partial charge in [0.1, 0.15) is 0 Å². The summed E-state index contributed by atoms with van der Waals surface area (Å²) in [6.45, 7) is 13.6. The first-order valence-electron chi connectivity index (χ1n) is 7.17. The lowest BCUT2D eigenvalue weighted by molar-refractivity contribution is -0.136. The zero-order valence-electron chi connectivity index (χ0n) is 12.2. The molecule has 2 rings (SSSR count). The van der Waals surface area contributed by atoms with Gasteiger partial charge in [-0.25, -0.2) is 0 Å². The van der Waals surface area contributed by atoms with Crippen molar-refractivity contribution in [1.29, 1.82) is 0 Å². The quantitative estimate of drug-likeness (QED) is 0.755. The highest BCUT2D eigenvalue weighted by Gasteiger charge is 2.35. The first kappa shape index (κ1) is 13.8. The minimum absolute atomic E-state index is 0.0613. The van der Waals surface area contributed by atoms with Gasteiger partial charge in [-0.2, -0.15) is 0 Å². The number of hydrogen-bond donors (Lipinski definition) is 1. The standard InChI is InChI=1S/C14H27N3O/c1-11-5-6-15-12(11)13(18)16-7-9-17(10-8-16)14(2,3)4/h11-12,15H,5-10H2,1-4H3. The molecular weight excluding hydrogens is 226 g/mol. The van der Waals surface area contributed by atoms with E-state index in [0.29, 0.717) is 11.8 Å². The molecule has 0 aromatic heterocycles. The molecule has 2 aliphatic heterocycles. The SMILES string of the molecule is CC1CCNC1C(=O)N1CCN(C(C)(C)C)CC1. The van der Waals surface area contributed by atoms with E-state index in [4.69, 9.17) is 0 Å². The zero-order valence-corrected chi connectivity index (χ0v) is 12.2. The molecule has 2 atom stereocenters. The Kier molecular flexibility index (Phi) is 3.97. The van der Waals surface area contributed by atoms with Gasteiger partial charge in [0.25, 0.3) is 0 Å². The number of rotatable bonds is 1. The molecule has 0 radical (unpaired) electrons. The molecule has 2 aliphatic rings. The third kappa shape index (κ3) is 2.86. The molecule has 0 bridgehead atoms. The lowest BCUT2D eigenvalue weighted by atomic mass is 10.0. The van der Waals surface area contributed by atoms with Crippen LogP contribution in [0, 0.1) is 5.92 Å². The lowest BCUT2D eigenvalue weighted by Crippen LogP contribution is -2.57. The van der Waals surface area contributed by atoms with Crippen LogP contribution in [0.2, 0.25) is 0 Å². The monoisotopic (exact) mass is 253 g/mol. The summed E-state index contributed by atoms with van der Waals surface area (Å²) in [5, 5.41) is 3.34. The molecule has 104 valence electrons. The average Bonchev–Trinajstić information content (AvgIpc) is 2.73. The van der Waals surface area contributed by atoms with Crippen LogP contribution in [0.5, 0.6) is 0 Å². The minimum atomic E-state index is 0.0613. The Bertz CT molecular complexity index is 303. The number of amides is 1. The number of carbonyl (C=O) groups is 1. The number of carbonyl (C=O) groups excluding carboxylic acids is 1. The molecule has 0 aliphatic carbocycles. The van der Waals surface area contributed by atoms with Crippen LogP contribution in [0.4, 0.5) is 0 Å². The topological polar surface area (TPSA) is 35.6 Å². The summed E-state index contributed by atoms with van der Waals surface area (Å²) >= 11 is 0. The first-order chi connectivity index (χ1) is 8.39. The molecule has 0 aromatic carbocycles. The predicted octanol–water partition coefficient (Wildman–Crippen LogP) is 0.927.